The quantitative estimate of drug-likeness (QED) is 0.140. The highest BCUT2D eigenvalue weighted by atomic mass is 16.3. The summed E-state index contributed by atoms with van der Waals surface area (Å²) in [4.78, 5) is 31.0. The number of hydrogen-bond donors (Lipinski definition) is 0. The zero-order chi connectivity index (χ0) is 87.6. The van der Waals surface area contributed by atoms with Crippen LogP contribution in [-0.4, -0.2) is 29.9 Å². The maximum Gasteiger partial charge on any atom is 0.161 e. The molecular weight excluding hydrogens is 1610 g/mol. The van der Waals surface area contributed by atoms with Crippen LogP contribution in [0.2, 0.25) is 0 Å². The van der Waals surface area contributed by atoms with Crippen molar-refractivity contribution in [3.05, 3.63) is 461 Å². The second-order valence-corrected chi connectivity index (χ2v) is 34.5. The van der Waals surface area contributed by atoms with E-state index >= 15 is 0 Å². The third-order valence-electron chi connectivity index (χ3n) is 27.0. The van der Waals surface area contributed by atoms with Gasteiger partial charge in [-0.25, -0.2) is 29.9 Å². The number of hydrogen-bond acceptors (Lipinski definition) is 7. The summed E-state index contributed by atoms with van der Waals surface area (Å²) >= 11 is 0. The molecule has 0 saturated carbocycles. The second kappa shape index (κ2) is 31.6. The van der Waals surface area contributed by atoms with Crippen LogP contribution in [0.5, 0.6) is 0 Å². The van der Waals surface area contributed by atoms with E-state index in [2.05, 4.69) is 413 Å². The van der Waals surface area contributed by atoms with Gasteiger partial charge >= 0.3 is 0 Å². The van der Waals surface area contributed by atoms with Crippen molar-refractivity contribution in [1.82, 2.24) is 29.9 Å². The number of fused-ring (bicyclic) bond motifs is 27. The van der Waals surface area contributed by atoms with Crippen molar-refractivity contribution >= 4 is 184 Å². The van der Waals surface area contributed by atoms with Crippen LogP contribution in [0.3, 0.4) is 0 Å². The maximum absolute atomic E-state index is 6.24. The number of furan rings is 1. The Hall–Kier alpha value is -17.8. The first-order chi connectivity index (χ1) is 65.9. The van der Waals surface area contributed by atoms with Crippen molar-refractivity contribution in [3.8, 4) is 90.2 Å². The minimum absolute atomic E-state index is 0.708. The van der Waals surface area contributed by atoms with Gasteiger partial charge in [0.25, 0.3) is 0 Å². The molecule has 4 aromatic heterocycles. The highest BCUT2D eigenvalue weighted by Crippen LogP contribution is 2.46. The van der Waals surface area contributed by atoms with Crippen LogP contribution in [0.15, 0.2) is 465 Å². The summed E-state index contributed by atoms with van der Waals surface area (Å²) in [6.07, 6.45) is 0. The fraction of sp³-hybridized carbons (Fsp3) is 0. The van der Waals surface area contributed by atoms with E-state index in [-0.39, 0.29) is 0 Å². The molecular formula is C126H76N6O. The van der Waals surface area contributed by atoms with Gasteiger partial charge in [0.15, 0.2) is 17.5 Å². The van der Waals surface area contributed by atoms with Crippen LogP contribution in [0.25, 0.3) is 274 Å². The van der Waals surface area contributed by atoms with E-state index in [1.807, 2.05) is 48.5 Å². The van der Waals surface area contributed by atoms with Crippen LogP contribution in [0.4, 0.5) is 0 Å². The van der Waals surface area contributed by atoms with Gasteiger partial charge in [-0.1, -0.05) is 419 Å². The lowest BCUT2D eigenvalue weighted by Gasteiger charge is -2.14. The second-order valence-electron chi connectivity index (χ2n) is 34.5. The summed E-state index contributed by atoms with van der Waals surface area (Å²) in [6.45, 7) is 0. The first-order valence-electron chi connectivity index (χ1n) is 45.3. The molecule has 4 heterocycles. The SMILES string of the molecule is c1ccc(-c2ccc(-c3nc(-c4ccc5c(ccc6ccc7c8ccccc8ccc7c65)c4)nc4ccccc34)cc2)cc1.c1ccc(-c2ccc(-c3nc(-c4cccc5c4ccc4ccc6c7ccccc7ccc6c45)nc4ccccc34)cc2)cc1.c1ccc2c(c1)ccc1c2ccc2ccc3cc(-c4nc(-c5cccc6oc7ccccc7c56)c5ccccc5n4)ccc3c21. The van der Waals surface area contributed by atoms with Gasteiger partial charge in [-0.2, -0.15) is 0 Å². The summed E-state index contributed by atoms with van der Waals surface area (Å²) < 4.78 is 6.24. The molecule has 616 valence electrons. The minimum atomic E-state index is 0.708. The van der Waals surface area contributed by atoms with E-state index in [1.165, 1.54) is 146 Å². The van der Waals surface area contributed by atoms with E-state index in [1.54, 1.807) is 0 Å². The Labute approximate surface area is 764 Å². The van der Waals surface area contributed by atoms with E-state index in [9.17, 15) is 0 Å². The van der Waals surface area contributed by atoms with Crippen molar-refractivity contribution in [1.29, 1.82) is 0 Å². The zero-order valence-electron chi connectivity index (χ0n) is 72.0. The molecule has 7 nitrogen and oxygen atoms in total. The van der Waals surface area contributed by atoms with E-state index in [4.69, 9.17) is 34.3 Å². The van der Waals surface area contributed by atoms with Crippen molar-refractivity contribution in [3.63, 3.8) is 0 Å². The Morgan fingerprint density at radius 1 is 0.135 bits per heavy atom. The number of benzene rings is 24. The van der Waals surface area contributed by atoms with E-state index in [0.717, 1.165) is 122 Å². The van der Waals surface area contributed by atoms with Gasteiger partial charge in [-0.15, -0.1) is 0 Å². The minimum Gasteiger partial charge on any atom is -0.456 e. The molecule has 0 aliphatic rings. The summed E-state index contributed by atoms with van der Waals surface area (Å²) in [7, 11) is 0. The van der Waals surface area contributed by atoms with Crippen molar-refractivity contribution < 1.29 is 4.42 Å². The smallest absolute Gasteiger partial charge is 0.161 e. The number of aromatic nitrogens is 6. The van der Waals surface area contributed by atoms with Gasteiger partial charge in [0.2, 0.25) is 0 Å². The Balaban J connectivity index is 0.000000104. The molecule has 0 atom stereocenters. The lowest BCUT2D eigenvalue weighted by molar-refractivity contribution is 0.669. The molecule has 0 amide bonds. The standard InChI is InChI=1S/C42H24N2O.2C42H26N2/c1-2-9-29-25(8-1)18-23-32-31(29)22-19-26-16-17-27-24-28(20-21-30(27)39(26)32)42-43-36-13-5-3-10-33(36)41(44-42)35-12-7-15-38-40(35)34-11-4-6-14-37(34)45-38;1-2-9-27(10-3-1)28-17-19-31(20-18-28)41-38-13-6-7-16-39(38)43-42(44-41)37-15-8-14-35-34(37)25-23-30-22-24-33-32-12-5-4-11-29(32)21-26-36(33)40(30)35;1-2-8-27(9-3-1)28-14-17-31(18-15-28)41-38-12-6-7-13-39(38)43-42(44-41)33-22-23-35-32(26-33)19-16-30-21-24-36-34-11-5-4-10-29(34)20-25-37(36)40(30)35/h1-24H;2*1-26H. The van der Waals surface area contributed by atoms with Gasteiger partial charge in [0, 0.05) is 60.3 Å². The molecule has 0 unspecified atom stereocenters. The van der Waals surface area contributed by atoms with Gasteiger partial charge in [-0.05, 0) is 194 Å². The van der Waals surface area contributed by atoms with Crippen molar-refractivity contribution in [2.45, 2.75) is 0 Å². The largest absolute Gasteiger partial charge is 0.456 e. The molecule has 133 heavy (non-hydrogen) atoms. The lowest BCUT2D eigenvalue weighted by atomic mass is 9.92. The molecule has 0 radical (unpaired) electrons. The predicted octanol–water partition coefficient (Wildman–Crippen LogP) is 34.0. The molecule has 24 aromatic carbocycles. The molecule has 7 heteroatoms. The Kier molecular flexibility index (Phi) is 18.2. The molecule has 0 N–H and O–H groups in total. The molecule has 0 fully saturated rings. The first kappa shape index (κ1) is 76.5. The molecule has 28 aromatic rings. The van der Waals surface area contributed by atoms with Crippen molar-refractivity contribution in [2.24, 2.45) is 0 Å². The zero-order valence-corrected chi connectivity index (χ0v) is 72.0. The van der Waals surface area contributed by atoms with Gasteiger partial charge in [0.1, 0.15) is 11.2 Å². The molecule has 0 aliphatic heterocycles. The topological polar surface area (TPSA) is 90.5 Å². The molecule has 0 aliphatic carbocycles. The van der Waals surface area contributed by atoms with Crippen LogP contribution < -0.4 is 0 Å². The average molecular weight is 1690 g/mol. The number of rotatable bonds is 8. The Morgan fingerprint density at radius 3 is 0.925 bits per heavy atom. The lowest BCUT2D eigenvalue weighted by Crippen LogP contribution is -1.96. The van der Waals surface area contributed by atoms with Crippen LogP contribution in [0.1, 0.15) is 0 Å². The molecule has 28 rings (SSSR count). The monoisotopic (exact) mass is 1690 g/mol. The molecule has 0 bridgehead atoms. The maximum atomic E-state index is 6.24. The summed E-state index contributed by atoms with van der Waals surface area (Å²) in [5.74, 6) is 2.18. The van der Waals surface area contributed by atoms with Crippen LogP contribution >= 0.6 is 0 Å². The van der Waals surface area contributed by atoms with Crippen LogP contribution in [0, 0.1) is 0 Å². The highest BCUT2D eigenvalue weighted by Gasteiger charge is 2.23. The normalized spacial score (nSPS) is 11.8. The number of nitrogens with zero attached hydrogens (tertiary/aromatic N) is 6. The molecule has 0 spiro atoms. The number of para-hydroxylation sites is 4. The first-order valence-corrected chi connectivity index (χ1v) is 45.3. The fourth-order valence-corrected chi connectivity index (χ4v) is 20.6. The third-order valence-corrected chi connectivity index (χ3v) is 27.0. The molecule has 0 saturated heterocycles. The van der Waals surface area contributed by atoms with E-state index < -0.39 is 0 Å². The Morgan fingerprint density at radius 2 is 0.436 bits per heavy atom. The summed E-state index contributed by atoms with van der Waals surface area (Å²) in [5, 5.41) is 35.3. The van der Waals surface area contributed by atoms with E-state index in [0.29, 0.717) is 5.82 Å². The average Bonchev–Trinajstić information content (AvgIpc) is 1.70. The summed E-state index contributed by atoms with van der Waals surface area (Å²) in [5.41, 5.74) is 18.4. The Bertz CT molecular complexity index is 9650. The van der Waals surface area contributed by atoms with Gasteiger partial charge < -0.3 is 4.42 Å². The third kappa shape index (κ3) is 13.2. The van der Waals surface area contributed by atoms with Gasteiger partial charge in [0.05, 0.1) is 33.6 Å². The predicted molar refractivity (Wildman–Crippen MR) is 559 cm³/mol. The highest BCUT2D eigenvalue weighted by molar-refractivity contribution is 6.29. The van der Waals surface area contributed by atoms with Crippen molar-refractivity contribution in [2.75, 3.05) is 0 Å². The van der Waals surface area contributed by atoms with Gasteiger partial charge in [-0.3, -0.25) is 0 Å². The van der Waals surface area contributed by atoms with Crippen LogP contribution in [-0.2, 0) is 0 Å². The fourth-order valence-electron chi connectivity index (χ4n) is 20.6. The summed E-state index contributed by atoms with van der Waals surface area (Å²) in [6, 6.07) is 164.